The molecule has 0 aliphatic rings. The number of hydrogen-bond donors (Lipinski definition) is 3. The van der Waals surface area contributed by atoms with E-state index in [0.29, 0.717) is 11.3 Å². The summed E-state index contributed by atoms with van der Waals surface area (Å²) < 4.78 is 0. The predicted octanol–water partition coefficient (Wildman–Crippen LogP) is 0.915. The molecule has 0 bridgehead atoms. The van der Waals surface area contributed by atoms with Crippen LogP contribution < -0.4 is 11.2 Å². The first kappa shape index (κ1) is 10.5. The van der Waals surface area contributed by atoms with Crippen LogP contribution in [0.1, 0.15) is 5.56 Å². The molecule has 1 aromatic carbocycles. The van der Waals surface area contributed by atoms with E-state index >= 15 is 0 Å². The van der Waals surface area contributed by atoms with E-state index in [1.165, 1.54) is 0 Å². The third kappa shape index (κ3) is 1.55. The number of aromatic amines is 3. The molecule has 2 aromatic heterocycles. The Bertz CT molecular complexity index is 841. The summed E-state index contributed by atoms with van der Waals surface area (Å²) >= 11 is 0. The van der Waals surface area contributed by atoms with Crippen LogP contribution in [0, 0.1) is 6.92 Å². The Kier molecular flexibility index (Phi) is 2.16. The normalized spacial score (nSPS) is 10.9. The second-order valence-electron chi connectivity index (χ2n) is 4.08. The van der Waals surface area contributed by atoms with Crippen LogP contribution in [-0.4, -0.2) is 20.2 Å². The van der Waals surface area contributed by atoms with Crippen molar-refractivity contribution < 1.29 is 0 Å². The van der Waals surface area contributed by atoms with Crippen molar-refractivity contribution in [3.05, 3.63) is 50.8 Å². The van der Waals surface area contributed by atoms with Gasteiger partial charge < -0.3 is 4.98 Å². The van der Waals surface area contributed by atoms with E-state index in [4.69, 9.17) is 0 Å². The molecule has 90 valence electrons. The van der Waals surface area contributed by atoms with Crippen LogP contribution in [0.3, 0.4) is 0 Å². The average Bonchev–Trinajstić information content (AvgIpc) is 2.80. The molecule has 0 spiro atoms. The SMILES string of the molecule is Cc1c(-c2ccc3[nH]ncc3c2)[nH]c(=O)[nH]c1=O. The maximum Gasteiger partial charge on any atom is 0.326 e. The highest BCUT2D eigenvalue weighted by Gasteiger charge is 2.08. The van der Waals surface area contributed by atoms with Gasteiger partial charge in [-0.1, -0.05) is 6.07 Å². The number of nitrogens with zero attached hydrogens (tertiary/aromatic N) is 1. The number of rotatable bonds is 1. The van der Waals surface area contributed by atoms with E-state index in [1.807, 2.05) is 18.2 Å². The fraction of sp³-hybridized carbons (Fsp3) is 0.0833. The van der Waals surface area contributed by atoms with Crippen LogP contribution in [-0.2, 0) is 0 Å². The molecule has 3 aromatic rings. The van der Waals surface area contributed by atoms with E-state index < -0.39 is 5.69 Å². The molecule has 6 nitrogen and oxygen atoms in total. The topological polar surface area (TPSA) is 94.4 Å². The highest BCUT2D eigenvalue weighted by Crippen LogP contribution is 2.21. The van der Waals surface area contributed by atoms with Gasteiger partial charge in [0.1, 0.15) is 0 Å². The highest BCUT2D eigenvalue weighted by molar-refractivity contribution is 5.83. The molecule has 2 heterocycles. The summed E-state index contributed by atoms with van der Waals surface area (Å²) in [6, 6.07) is 5.56. The predicted molar refractivity (Wildman–Crippen MR) is 67.5 cm³/mol. The minimum atomic E-state index is -0.507. The number of benzene rings is 1. The number of fused-ring (bicyclic) bond motifs is 1. The van der Waals surface area contributed by atoms with Gasteiger partial charge in [-0.3, -0.25) is 14.9 Å². The fourth-order valence-electron chi connectivity index (χ4n) is 1.94. The summed E-state index contributed by atoms with van der Waals surface area (Å²) in [7, 11) is 0. The van der Waals surface area contributed by atoms with Crippen LogP contribution in [0.2, 0.25) is 0 Å². The van der Waals surface area contributed by atoms with Crippen molar-refractivity contribution in [2.45, 2.75) is 6.92 Å². The zero-order chi connectivity index (χ0) is 12.7. The molecule has 0 aliphatic carbocycles. The Morgan fingerprint density at radius 3 is 2.83 bits per heavy atom. The summed E-state index contributed by atoms with van der Waals surface area (Å²) in [5, 5.41) is 7.70. The van der Waals surface area contributed by atoms with Gasteiger partial charge in [0.25, 0.3) is 5.56 Å². The molecule has 3 N–H and O–H groups in total. The quantitative estimate of drug-likeness (QED) is 0.592. The van der Waals surface area contributed by atoms with Crippen molar-refractivity contribution in [1.29, 1.82) is 0 Å². The molecule has 0 aliphatic heterocycles. The summed E-state index contributed by atoms with van der Waals surface area (Å²) in [5.41, 5.74) is 1.83. The molecule has 0 radical (unpaired) electrons. The molecule has 0 saturated carbocycles. The lowest BCUT2D eigenvalue weighted by Gasteiger charge is -2.04. The number of aromatic nitrogens is 4. The van der Waals surface area contributed by atoms with Gasteiger partial charge in [0.15, 0.2) is 0 Å². The maximum absolute atomic E-state index is 11.6. The molecule has 3 rings (SSSR count). The highest BCUT2D eigenvalue weighted by atomic mass is 16.2. The van der Waals surface area contributed by atoms with Crippen molar-refractivity contribution in [1.82, 2.24) is 20.2 Å². The van der Waals surface area contributed by atoms with E-state index in [1.54, 1.807) is 13.1 Å². The largest absolute Gasteiger partial charge is 0.326 e. The Morgan fingerprint density at radius 1 is 1.17 bits per heavy atom. The van der Waals surface area contributed by atoms with Crippen LogP contribution in [0.15, 0.2) is 34.0 Å². The number of nitrogens with one attached hydrogen (secondary N) is 3. The Morgan fingerprint density at radius 2 is 2.00 bits per heavy atom. The molecular formula is C12H10N4O2. The van der Waals surface area contributed by atoms with Gasteiger partial charge >= 0.3 is 5.69 Å². The van der Waals surface area contributed by atoms with E-state index in [-0.39, 0.29) is 5.56 Å². The Balaban J connectivity index is 2.31. The van der Waals surface area contributed by atoms with Gasteiger partial charge in [0.05, 0.1) is 17.4 Å². The first-order valence-electron chi connectivity index (χ1n) is 5.42. The standard InChI is InChI=1S/C12H10N4O2/c1-6-10(14-12(18)15-11(6)17)7-2-3-9-8(4-7)5-13-16-9/h2-5H,1H3,(H,13,16)(H2,14,15,17,18). The third-order valence-electron chi connectivity index (χ3n) is 2.91. The lowest BCUT2D eigenvalue weighted by Crippen LogP contribution is -2.24. The molecule has 18 heavy (non-hydrogen) atoms. The van der Waals surface area contributed by atoms with Crippen molar-refractivity contribution in [2.24, 2.45) is 0 Å². The van der Waals surface area contributed by atoms with Crippen LogP contribution in [0.25, 0.3) is 22.2 Å². The monoisotopic (exact) mass is 242 g/mol. The minimum absolute atomic E-state index is 0.374. The zero-order valence-corrected chi connectivity index (χ0v) is 9.57. The summed E-state index contributed by atoms with van der Waals surface area (Å²) in [4.78, 5) is 27.7. The zero-order valence-electron chi connectivity index (χ0n) is 9.57. The average molecular weight is 242 g/mol. The molecule has 0 saturated heterocycles. The van der Waals surface area contributed by atoms with Crippen molar-refractivity contribution in [3.8, 4) is 11.3 Å². The van der Waals surface area contributed by atoms with Gasteiger partial charge in [-0.15, -0.1) is 0 Å². The molecule has 0 fully saturated rings. The first-order valence-corrected chi connectivity index (χ1v) is 5.42. The molecular weight excluding hydrogens is 232 g/mol. The summed E-state index contributed by atoms with van der Waals surface area (Å²) in [5.74, 6) is 0. The summed E-state index contributed by atoms with van der Waals surface area (Å²) in [6.45, 7) is 1.67. The molecule has 6 heteroatoms. The fourth-order valence-corrected chi connectivity index (χ4v) is 1.94. The van der Waals surface area contributed by atoms with Crippen molar-refractivity contribution >= 4 is 10.9 Å². The molecule has 0 amide bonds. The van der Waals surface area contributed by atoms with Gasteiger partial charge in [-0.05, 0) is 24.6 Å². The van der Waals surface area contributed by atoms with Crippen LogP contribution in [0.5, 0.6) is 0 Å². The smallest absolute Gasteiger partial charge is 0.307 e. The minimum Gasteiger partial charge on any atom is -0.307 e. The van der Waals surface area contributed by atoms with E-state index in [0.717, 1.165) is 16.5 Å². The second-order valence-corrected chi connectivity index (χ2v) is 4.08. The van der Waals surface area contributed by atoms with Crippen LogP contribution >= 0.6 is 0 Å². The van der Waals surface area contributed by atoms with Gasteiger partial charge in [0.2, 0.25) is 0 Å². The van der Waals surface area contributed by atoms with Crippen molar-refractivity contribution in [2.75, 3.05) is 0 Å². The van der Waals surface area contributed by atoms with Gasteiger partial charge in [0, 0.05) is 10.9 Å². The Hall–Kier alpha value is -2.63. The summed E-state index contributed by atoms with van der Waals surface area (Å²) in [6.07, 6.45) is 1.69. The first-order chi connectivity index (χ1) is 8.65. The lowest BCUT2D eigenvalue weighted by atomic mass is 10.1. The number of H-pyrrole nitrogens is 3. The van der Waals surface area contributed by atoms with Gasteiger partial charge in [-0.2, -0.15) is 5.10 Å². The van der Waals surface area contributed by atoms with E-state index in [2.05, 4.69) is 20.2 Å². The molecule has 0 atom stereocenters. The van der Waals surface area contributed by atoms with Crippen LogP contribution in [0.4, 0.5) is 0 Å². The van der Waals surface area contributed by atoms with E-state index in [9.17, 15) is 9.59 Å². The third-order valence-corrected chi connectivity index (χ3v) is 2.91. The lowest BCUT2D eigenvalue weighted by molar-refractivity contribution is 1.01. The number of hydrogen-bond acceptors (Lipinski definition) is 3. The van der Waals surface area contributed by atoms with Crippen molar-refractivity contribution in [3.63, 3.8) is 0 Å². The Labute approximate surface area is 101 Å². The molecule has 0 unspecified atom stereocenters. The maximum atomic E-state index is 11.6. The second kappa shape index (κ2) is 3.69. The van der Waals surface area contributed by atoms with Gasteiger partial charge in [-0.25, -0.2) is 4.79 Å².